The van der Waals surface area contributed by atoms with Crippen LogP contribution in [0.15, 0.2) is 42.5 Å². The van der Waals surface area contributed by atoms with Crippen LogP contribution in [0.1, 0.15) is 31.9 Å². The molecule has 2 aromatic rings. The number of likely N-dealkylation sites (N-methyl/N-ethyl adjacent to an activating group) is 1. The van der Waals surface area contributed by atoms with Crippen LogP contribution >= 0.6 is 0 Å². The molecule has 7 heteroatoms. The van der Waals surface area contributed by atoms with Gasteiger partial charge in [-0.2, -0.15) is 0 Å². The van der Waals surface area contributed by atoms with E-state index >= 15 is 0 Å². The summed E-state index contributed by atoms with van der Waals surface area (Å²) in [5, 5.41) is 3.19. The van der Waals surface area contributed by atoms with Gasteiger partial charge in [0, 0.05) is 13.0 Å². The summed E-state index contributed by atoms with van der Waals surface area (Å²) in [5.74, 6) is 3.20. The van der Waals surface area contributed by atoms with Gasteiger partial charge in [0.15, 0.2) is 23.0 Å². The molecule has 2 aliphatic heterocycles. The maximum atomic E-state index is 12.8. The third-order valence-electron chi connectivity index (χ3n) is 5.61. The van der Waals surface area contributed by atoms with E-state index in [-0.39, 0.29) is 30.5 Å². The van der Waals surface area contributed by atoms with Gasteiger partial charge in [0.25, 0.3) is 0 Å². The van der Waals surface area contributed by atoms with Crippen molar-refractivity contribution in [3.05, 3.63) is 48.0 Å². The topological polar surface area (TPSA) is 69.3 Å². The Kier molecular flexibility index (Phi) is 7.05. The highest BCUT2D eigenvalue weighted by Crippen LogP contribution is 2.34. The summed E-state index contributed by atoms with van der Waals surface area (Å²) in [4.78, 5) is 14.8. The van der Waals surface area contributed by atoms with Gasteiger partial charge >= 0.3 is 0 Å². The third-order valence-corrected chi connectivity index (χ3v) is 5.61. The van der Waals surface area contributed by atoms with Crippen molar-refractivity contribution in [2.75, 3.05) is 40.0 Å². The summed E-state index contributed by atoms with van der Waals surface area (Å²) in [7, 11) is 1.92. The van der Waals surface area contributed by atoms with Gasteiger partial charge in [-0.1, -0.05) is 32.0 Å². The molecule has 32 heavy (non-hydrogen) atoms. The number of nitrogens with zero attached hydrogens (tertiary/aromatic N) is 1. The summed E-state index contributed by atoms with van der Waals surface area (Å²) in [6.45, 7) is 6.83. The van der Waals surface area contributed by atoms with E-state index in [4.69, 9.17) is 18.9 Å². The molecular weight excluding hydrogens is 408 g/mol. The van der Waals surface area contributed by atoms with Crippen LogP contribution in [0.25, 0.3) is 0 Å². The Bertz CT molecular complexity index is 932. The SMILES string of the molecule is CC(C)[C@H](NC(=O)CN(C)C[C@@H]1COc2ccccc2O1)c1ccc2c(c1)OCCCO2. The largest absolute Gasteiger partial charge is 0.490 e. The first-order chi connectivity index (χ1) is 15.5. The van der Waals surface area contributed by atoms with E-state index in [2.05, 4.69) is 19.2 Å². The number of rotatable bonds is 7. The lowest BCUT2D eigenvalue weighted by Gasteiger charge is -2.30. The van der Waals surface area contributed by atoms with Gasteiger partial charge in [-0.05, 0) is 42.8 Å². The fourth-order valence-corrected chi connectivity index (χ4v) is 4.04. The highest BCUT2D eigenvalue weighted by Gasteiger charge is 2.25. The maximum Gasteiger partial charge on any atom is 0.234 e. The van der Waals surface area contributed by atoms with E-state index in [1.807, 2.05) is 54.4 Å². The van der Waals surface area contributed by atoms with Crippen molar-refractivity contribution < 1.29 is 23.7 Å². The molecule has 0 aliphatic carbocycles. The van der Waals surface area contributed by atoms with Crippen molar-refractivity contribution in [1.29, 1.82) is 0 Å². The molecule has 0 aromatic heterocycles. The zero-order valence-electron chi connectivity index (χ0n) is 19.0. The van der Waals surface area contributed by atoms with Gasteiger partial charge in [0.2, 0.25) is 5.91 Å². The number of fused-ring (bicyclic) bond motifs is 2. The Hall–Kier alpha value is -2.93. The second kappa shape index (κ2) is 10.1. The lowest BCUT2D eigenvalue weighted by molar-refractivity contribution is -0.123. The number of hydrogen-bond acceptors (Lipinski definition) is 6. The Morgan fingerprint density at radius 3 is 2.53 bits per heavy atom. The quantitative estimate of drug-likeness (QED) is 0.712. The third kappa shape index (κ3) is 5.46. The Morgan fingerprint density at radius 1 is 1.03 bits per heavy atom. The second-order valence-electron chi connectivity index (χ2n) is 8.74. The average molecular weight is 441 g/mol. The van der Waals surface area contributed by atoms with Crippen LogP contribution in [0.2, 0.25) is 0 Å². The first-order valence-electron chi connectivity index (χ1n) is 11.3. The van der Waals surface area contributed by atoms with Crippen molar-refractivity contribution in [2.45, 2.75) is 32.4 Å². The van der Waals surface area contributed by atoms with Crippen LogP contribution in [-0.4, -0.2) is 56.9 Å². The van der Waals surface area contributed by atoms with Crippen molar-refractivity contribution in [3.8, 4) is 23.0 Å². The predicted molar refractivity (Wildman–Crippen MR) is 122 cm³/mol. The Labute approximate surface area is 189 Å². The van der Waals surface area contributed by atoms with Gasteiger partial charge in [-0.25, -0.2) is 0 Å². The minimum absolute atomic E-state index is 0.0320. The summed E-state index contributed by atoms with van der Waals surface area (Å²) >= 11 is 0. The number of carbonyl (C=O) groups is 1. The average Bonchev–Trinajstić information content (AvgIpc) is 3.02. The number of benzene rings is 2. The first kappa shape index (κ1) is 22.3. The molecule has 0 fully saturated rings. The number of hydrogen-bond donors (Lipinski definition) is 1. The van der Waals surface area contributed by atoms with E-state index < -0.39 is 0 Å². The summed E-state index contributed by atoms with van der Waals surface area (Å²) in [5.41, 5.74) is 1.01. The number of nitrogens with one attached hydrogen (secondary N) is 1. The molecule has 0 bridgehead atoms. The zero-order chi connectivity index (χ0) is 22.5. The number of ether oxygens (including phenoxy) is 4. The van der Waals surface area contributed by atoms with E-state index in [1.165, 1.54) is 0 Å². The van der Waals surface area contributed by atoms with E-state index in [0.29, 0.717) is 26.4 Å². The zero-order valence-corrected chi connectivity index (χ0v) is 19.0. The molecule has 1 amide bonds. The minimum Gasteiger partial charge on any atom is -0.490 e. The van der Waals surface area contributed by atoms with Crippen LogP contribution in [0.5, 0.6) is 23.0 Å². The van der Waals surface area contributed by atoms with Crippen molar-refractivity contribution in [1.82, 2.24) is 10.2 Å². The molecule has 7 nitrogen and oxygen atoms in total. The van der Waals surface area contributed by atoms with Crippen LogP contribution in [-0.2, 0) is 4.79 Å². The number of para-hydroxylation sites is 2. The van der Waals surface area contributed by atoms with Crippen molar-refractivity contribution in [3.63, 3.8) is 0 Å². The Morgan fingerprint density at radius 2 is 1.75 bits per heavy atom. The fraction of sp³-hybridized carbons (Fsp3) is 0.480. The smallest absolute Gasteiger partial charge is 0.234 e. The molecule has 2 aromatic carbocycles. The molecule has 0 spiro atoms. The van der Waals surface area contributed by atoms with E-state index in [1.54, 1.807) is 0 Å². The van der Waals surface area contributed by atoms with Crippen LogP contribution in [0.3, 0.4) is 0 Å². The van der Waals surface area contributed by atoms with E-state index in [9.17, 15) is 4.79 Å². The standard InChI is InChI=1S/C25H32N2O5/c1-17(2)25(18-9-10-21-23(13-18)30-12-6-11-29-21)26-24(28)15-27(3)14-19-16-31-20-7-4-5-8-22(20)32-19/h4-5,7-10,13,17,19,25H,6,11-12,14-16H2,1-3H3,(H,26,28)/t19-,25+/m1/s1. The molecule has 2 atom stereocenters. The summed E-state index contributed by atoms with van der Waals surface area (Å²) in [6.07, 6.45) is 0.743. The predicted octanol–water partition coefficient (Wildman–Crippen LogP) is 3.43. The highest BCUT2D eigenvalue weighted by molar-refractivity contribution is 5.78. The molecule has 0 unspecified atom stereocenters. The van der Waals surface area contributed by atoms with Gasteiger partial charge in [-0.15, -0.1) is 0 Å². The normalized spacial score (nSPS) is 18.2. The number of amides is 1. The lowest BCUT2D eigenvalue weighted by Crippen LogP contribution is -2.44. The molecule has 0 saturated carbocycles. The monoisotopic (exact) mass is 440 g/mol. The molecule has 0 saturated heterocycles. The Balaban J connectivity index is 1.34. The van der Waals surface area contributed by atoms with Gasteiger partial charge in [-0.3, -0.25) is 9.69 Å². The van der Waals surface area contributed by atoms with Crippen LogP contribution in [0, 0.1) is 5.92 Å². The summed E-state index contributed by atoms with van der Waals surface area (Å²) in [6, 6.07) is 13.5. The van der Waals surface area contributed by atoms with Gasteiger partial charge in [0.05, 0.1) is 25.8 Å². The fourth-order valence-electron chi connectivity index (χ4n) is 4.04. The maximum absolute atomic E-state index is 12.8. The highest BCUT2D eigenvalue weighted by atomic mass is 16.6. The molecule has 4 rings (SSSR count). The molecule has 1 N–H and O–H groups in total. The van der Waals surface area contributed by atoms with Gasteiger partial charge < -0.3 is 24.3 Å². The lowest BCUT2D eigenvalue weighted by atomic mass is 9.95. The molecule has 172 valence electrons. The van der Waals surface area contributed by atoms with Crippen LogP contribution in [0.4, 0.5) is 0 Å². The minimum atomic E-state index is -0.120. The number of carbonyl (C=O) groups excluding carboxylic acids is 1. The first-order valence-corrected chi connectivity index (χ1v) is 11.3. The molecule has 2 aliphatic rings. The molecule has 0 radical (unpaired) electrons. The van der Waals surface area contributed by atoms with E-state index in [0.717, 1.165) is 35.0 Å². The van der Waals surface area contributed by atoms with Crippen molar-refractivity contribution >= 4 is 5.91 Å². The second-order valence-corrected chi connectivity index (χ2v) is 8.74. The van der Waals surface area contributed by atoms with Crippen molar-refractivity contribution in [2.24, 2.45) is 5.92 Å². The molecule has 2 heterocycles. The van der Waals surface area contributed by atoms with Gasteiger partial charge in [0.1, 0.15) is 12.7 Å². The summed E-state index contributed by atoms with van der Waals surface area (Å²) < 4.78 is 23.3. The molecular formula is C25H32N2O5. The van der Waals surface area contributed by atoms with Crippen LogP contribution < -0.4 is 24.3 Å².